The molecule has 1 saturated heterocycles. The van der Waals surface area contributed by atoms with Crippen LogP contribution in [0.3, 0.4) is 0 Å². The predicted molar refractivity (Wildman–Crippen MR) is 105 cm³/mol. The molecule has 0 atom stereocenters. The summed E-state index contributed by atoms with van der Waals surface area (Å²) in [6, 6.07) is 13.6. The fourth-order valence-corrected chi connectivity index (χ4v) is 3.85. The number of aromatic nitrogens is 2. The summed E-state index contributed by atoms with van der Waals surface area (Å²) in [4.78, 5) is 22.2. The third kappa shape index (κ3) is 4.09. The minimum absolute atomic E-state index is 0.0729. The molecule has 2 heterocycles. The molecule has 1 fully saturated rings. The quantitative estimate of drug-likeness (QED) is 0.685. The Kier molecular flexibility index (Phi) is 5.31. The number of imidazole rings is 1. The molecule has 140 valence electrons. The Labute approximate surface area is 161 Å². The molecule has 7 heteroatoms. The molecule has 0 saturated carbocycles. The highest BCUT2D eigenvalue weighted by atomic mass is 32.2. The number of thioether (sulfide) groups is 1. The van der Waals surface area contributed by atoms with E-state index in [1.807, 2.05) is 47.4 Å². The number of fused-ring (bicyclic) bond motifs is 1. The highest BCUT2D eigenvalue weighted by Crippen LogP contribution is 2.25. The van der Waals surface area contributed by atoms with Crippen LogP contribution >= 0.6 is 11.8 Å². The Bertz CT molecular complexity index is 933. The van der Waals surface area contributed by atoms with Crippen molar-refractivity contribution in [3.63, 3.8) is 0 Å². The normalized spacial score (nSPS) is 14.5. The topological polar surface area (TPSA) is 67.4 Å². The largest absolute Gasteiger partial charge is 0.497 e. The zero-order valence-electron chi connectivity index (χ0n) is 15.1. The number of aromatic amines is 1. The molecule has 1 aliphatic heterocycles. The van der Waals surface area contributed by atoms with Gasteiger partial charge in [0.05, 0.1) is 31.4 Å². The summed E-state index contributed by atoms with van der Waals surface area (Å²) in [6.45, 7) is 2.55. The van der Waals surface area contributed by atoms with E-state index in [2.05, 4.69) is 9.97 Å². The Morgan fingerprint density at radius 2 is 2.00 bits per heavy atom. The lowest BCUT2D eigenvalue weighted by atomic mass is 10.1. The van der Waals surface area contributed by atoms with Crippen molar-refractivity contribution in [2.75, 3.05) is 33.4 Å². The van der Waals surface area contributed by atoms with E-state index in [-0.39, 0.29) is 5.91 Å². The van der Waals surface area contributed by atoms with Crippen LogP contribution < -0.4 is 4.74 Å². The van der Waals surface area contributed by atoms with E-state index in [0.29, 0.717) is 26.3 Å². The van der Waals surface area contributed by atoms with Gasteiger partial charge in [-0.1, -0.05) is 23.9 Å². The van der Waals surface area contributed by atoms with Gasteiger partial charge in [0.15, 0.2) is 5.16 Å². The molecule has 1 N–H and O–H groups in total. The van der Waals surface area contributed by atoms with Gasteiger partial charge >= 0.3 is 0 Å². The number of nitrogens with one attached hydrogen (secondary N) is 1. The highest BCUT2D eigenvalue weighted by molar-refractivity contribution is 7.98. The zero-order valence-corrected chi connectivity index (χ0v) is 15.9. The molecular weight excluding hydrogens is 362 g/mol. The van der Waals surface area contributed by atoms with E-state index in [4.69, 9.17) is 9.47 Å². The third-order valence-corrected chi connectivity index (χ3v) is 5.49. The Balaban J connectivity index is 1.39. The van der Waals surface area contributed by atoms with E-state index in [0.717, 1.165) is 38.8 Å². The van der Waals surface area contributed by atoms with E-state index in [1.54, 1.807) is 18.9 Å². The second kappa shape index (κ2) is 8.02. The van der Waals surface area contributed by atoms with Crippen molar-refractivity contribution in [1.29, 1.82) is 0 Å². The van der Waals surface area contributed by atoms with Crippen molar-refractivity contribution in [2.24, 2.45) is 0 Å². The maximum atomic E-state index is 12.5. The molecule has 1 aromatic heterocycles. The highest BCUT2D eigenvalue weighted by Gasteiger charge is 2.18. The minimum Gasteiger partial charge on any atom is -0.497 e. The van der Waals surface area contributed by atoms with Crippen LogP contribution in [-0.2, 0) is 10.5 Å². The number of H-pyrrole nitrogens is 1. The van der Waals surface area contributed by atoms with Crippen LogP contribution in [0.5, 0.6) is 5.75 Å². The number of carbonyl (C=O) groups is 1. The van der Waals surface area contributed by atoms with Crippen LogP contribution in [0.1, 0.15) is 15.9 Å². The number of rotatable bonds is 5. The Morgan fingerprint density at radius 1 is 1.22 bits per heavy atom. The van der Waals surface area contributed by atoms with Crippen LogP contribution in [0.2, 0.25) is 0 Å². The number of nitrogens with zero attached hydrogens (tertiary/aromatic N) is 2. The van der Waals surface area contributed by atoms with Gasteiger partial charge in [0, 0.05) is 30.5 Å². The minimum atomic E-state index is 0.0729. The van der Waals surface area contributed by atoms with Gasteiger partial charge in [-0.3, -0.25) is 4.79 Å². The molecule has 4 rings (SSSR count). The number of morpholine rings is 1. The van der Waals surface area contributed by atoms with E-state index >= 15 is 0 Å². The number of hydrogen-bond acceptors (Lipinski definition) is 5. The second-order valence-corrected chi connectivity index (χ2v) is 7.28. The number of methoxy groups -OCH3 is 1. The van der Waals surface area contributed by atoms with Crippen LogP contribution in [0.4, 0.5) is 0 Å². The molecule has 0 radical (unpaired) electrons. The lowest BCUT2D eigenvalue weighted by Crippen LogP contribution is -2.40. The maximum Gasteiger partial charge on any atom is 0.254 e. The molecule has 0 spiro atoms. The van der Waals surface area contributed by atoms with Crippen molar-refractivity contribution in [3.05, 3.63) is 53.6 Å². The molecular formula is C20H21N3O3S. The summed E-state index contributed by atoms with van der Waals surface area (Å²) in [6.07, 6.45) is 0. The smallest absolute Gasteiger partial charge is 0.254 e. The van der Waals surface area contributed by atoms with Crippen LogP contribution in [-0.4, -0.2) is 54.2 Å². The summed E-state index contributed by atoms with van der Waals surface area (Å²) in [7, 11) is 1.65. The Morgan fingerprint density at radius 3 is 2.74 bits per heavy atom. The number of amides is 1. The molecule has 3 aromatic rings. The monoisotopic (exact) mass is 383 g/mol. The molecule has 1 aliphatic rings. The standard InChI is InChI=1S/C20H21N3O3S/c1-25-16-6-7-17-18(12-16)22-20(21-17)27-13-14-2-4-15(5-3-14)19(24)23-8-10-26-11-9-23/h2-7,12H,8-11,13H2,1H3,(H,21,22). The fourth-order valence-electron chi connectivity index (χ4n) is 3.00. The van der Waals surface area contributed by atoms with Crippen LogP contribution in [0.15, 0.2) is 47.6 Å². The van der Waals surface area contributed by atoms with Gasteiger partial charge in [0.2, 0.25) is 0 Å². The zero-order chi connectivity index (χ0) is 18.6. The summed E-state index contributed by atoms with van der Waals surface area (Å²) in [5.74, 6) is 1.66. The van der Waals surface area contributed by atoms with Crippen LogP contribution in [0.25, 0.3) is 11.0 Å². The van der Waals surface area contributed by atoms with Gasteiger partial charge in [-0.25, -0.2) is 4.98 Å². The molecule has 0 bridgehead atoms. The maximum absolute atomic E-state index is 12.5. The molecule has 1 amide bonds. The van der Waals surface area contributed by atoms with Crippen LogP contribution in [0, 0.1) is 0 Å². The first-order valence-corrected chi connectivity index (χ1v) is 9.84. The summed E-state index contributed by atoms with van der Waals surface area (Å²) >= 11 is 1.64. The molecule has 0 aliphatic carbocycles. The van der Waals surface area contributed by atoms with E-state index in [9.17, 15) is 4.79 Å². The van der Waals surface area contributed by atoms with Gasteiger partial charge in [0.1, 0.15) is 5.75 Å². The van der Waals surface area contributed by atoms with Crippen molar-refractivity contribution in [2.45, 2.75) is 10.9 Å². The third-order valence-electron chi connectivity index (χ3n) is 4.54. The Hall–Kier alpha value is -2.51. The van der Waals surface area contributed by atoms with Gasteiger partial charge in [0.25, 0.3) is 5.91 Å². The average Bonchev–Trinajstić information content (AvgIpc) is 3.14. The lowest BCUT2D eigenvalue weighted by molar-refractivity contribution is 0.0303. The summed E-state index contributed by atoms with van der Waals surface area (Å²) < 4.78 is 10.5. The molecule has 6 nitrogen and oxygen atoms in total. The van der Waals surface area contributed by atoms with Crippen molar-refractivity contribution in [1.82, 2.24) is 14.9 Å². The summed E-state index contributed by atoms with van der Waals surface area (Å²) in [5.41, 5.74) is 3.76. The van der Waals surface area contributed by atoms with Gasteiger partial charge in [-0.2, -0.15) is 0 Å². The number of benzene rings is 2. The van der Waals surface area contributed by atoms with Gasteiger partial charge in [-0.05, 0) is 29.8 Å². The van der Waals surface area contributed by atoms with Crippen molar-refractivity contribution < 1.29 is 14.3 Å². The number of carbonyl (C=O) groups excluding carboxylic acids is 1. The van der Waals surface area contributed by atoms with Crippen molar-refractivity contribution in [3.8, 4) is 5.75 Å². The predicted octanol–water partition coefficient (Wildman–Crippen LogP) is 3.34. The molecule has 0 unspecified atom stereocenters. The second-order valence-electron chi connectivity index (χ2n) is 6.32. The first-order chi connectivity index (χ1) is 13.2. The fraction of sp³-hybridized carbons (Fsp3) is 0.300. The summed E-state index contributed by atoms with van der Waals surface area (Å²) in [5, 5.41) is 0.867. The SMILES string of the molecule is COc1ccc2nc(SCc3ccc(C(=O)N4CCOCC4)cc3)[nH]c2c1. The van der Waals surface area contributed by atoms with Gasteiger partial charge < -0.3 is 19.4 Å². The average molecular weight is 383 g/mol. The molecule has 27 heavy (non-hydrogen) atoms. The first-order valence-electron chi connectivity index (χ1n) is 8.85. The van der Waals surface area contributed by atoms with Gasteiger partial charge in [-0.15, -0.1) is 0 Å². The van der Waals surface area contributed by atoms with E-state index < -0.39 is 0 Å². The number of hydrogen-bond donors (Lipinski definition) is 1. The molecule has 2 aromatic carbocycles. The number of ether oxygens (including phenoxy) is 2. The first kappa shape index (κ1) is 17.9. The van der Waals surface area contributed by atoms with E-state index in [1.165, 1.54) is 0 Å². The van der Waals surface area contributed by atoms with Crippen molar-refractivity contribution >= 4 is 28.7 Å². The lowest BCUT2D eigenvalue weighted by Gasteiger charge is -2.26.